The molecule has 0 spiro atoms. The molecule has 3 N–H and O–H groups in total. The SMILES string of the molecule is CCOc1ccc2[nH]c(C)c(C(C)N)c2c1. The third-order valence-electron chi connectivity index (χ3n) is 2.77. The van der Waals surface area contributed by atoms with Gasteiger partial charge in [-0.05, 0) is 44.5 Å². The maximum Gasteiger partial charge on any atom is 0.120 e. The molecule has 0 aliphatic rings. The molecule has 0 amide bonds. The molecule has 1 heterocycles. The van der Waals surface area contributed by atoms with Crippen LogP contribution in [-0.4, -0.2) is 11.6 Å². The Bertz CT molecular complexity index is 500. The van der Waals surface area contributed by atoms with Crippen LogP contribution in [0.15, 0.2) is 18.2 Å². The zero-order valence-corrected chi connectivity index (χ0v) is 10.0. The Morgan fingerprint density at radius 1 is 1.44 bits per heavy atom. The van der Waals surface area contributed by atoms with E-state index in [2.05, 4.69) is 18.0 Å². The molecule has 16 heavy (non-hydrogen) atoms. The van der Waals surface area contributed by atoms with E-state index in [1.807, 2.05) is 26.0 Å². The van der Waals surface area contributed by atoms with E-state index in [0.717, 1.165) is 17.0 Å². The second-order valence-electron chi connectivity index (χ2n) is 4.09. The summed E-state index contributed by atoms with van der Waals surface area (Å²) in [6.45, 7) is 6.73. The largest absolute Gasteiger partial charge is 0.494 e. The van der Waals surface area contributed by atoms with Crippen molar-refractivity contribution in [1.29, 1.82) is 0 Å². The van der Waals surface area contributed by atoms with Gasteiger partial charge in [-0.15, -0.1) is 0 Å². The summed E-state index contributed by atoms with van der Waals surface area (Å²) in [7, 11) is 0. The first-order chi connectivity index (χ1) is 7.63. The number of nitrogens with two attached hydrogens (primary N) is 1. The van der Waals surface area contributed by atoms with Crippen LogP contribution in [0.4, 0.5) is 0 Å². The van der Waals surface area contributed by atoms with Gasteiger partial charge in [-0.1, -0.05) is 0 Å². The fourth-order valence-electron chi connectivity index (χ4n) is 2.17. The number of hydrogen-bond acceptors (Lipinski definition) is 2. The minimum Gasteiger partial charge on any atom is -0.494 e. The van der Waals surface area contributed by atoms with E-state index in [4.69, 9.17) is 10.5 Å². The Morgan fingerprint density at radius 3 is 2.81 bits per heavy atom. The van der Waals surface area contributed by atoms with Gasteiger partial charge in [0.1, 0.15) is 5.75 Å². The number of fused-ring (bicyclic) bond motifs is 1. The number of H-pyrrole nitrogens is 1. The van der Waals surface area contributed by atoms with Crippen molar-refractivity contribution in [2.45, 2.75) is 26.8 Å². The number of ether oxygens (including phenoxy) is 1. The number of nitrogens with one attached hydrogen (secondary N) is 1. The van der Waals surface area contributed by atoms with Crippen molar-refractivity contribution in [3.8, 4) is 5.75 Å². The number of benzene rings is 1. The minimum absolute atomic E-state index is 0.0330. The number of hydrogen-bond donors (Lipinski definition) is 2. The molecule has 1 atom stereocenters. The van der Waals surface area contributed by atoms with Gasteiger partial charge >= 0.3 is 0 Å². The molecule has 0 aliphatic heterocycles. The van der Waals surface area contributed by atoms with Crippen molar-refractivity contribution in [1.82, 2.24) is 4.98 Å². The molecule has 0 radical (unpaired) electrons. The highest BCUT2D eigenvalue weighted by Gasteiger charge is 2.12. The van der Waals surface area contributed by atoms with Gasteiger partial charge in [0.15, 0.2) is 0 Å². The number of rotatable bonds is 3. The average molecular weight is 218 g/mol. The molecule has 0 fully saturated rings. The lowest BCUT2D eigenvalue weighted by Gasteiger charge is -2.07. The maximum absolute atomic E-state index is 5.99. The van der Waals surface area contributed by atoms with Gasteiger partial charge in [0.2, 0.25) is 0 Å². The maximum atomic E-state index is 5.99. The van der Waals surface area contributed by atoms with Crippen molar-refractivity contribution in [3.05, 3.63) is 29.5 Å². The summed E-state index contributed by atoms with van der Waals surface area (Å²) in [4.78, 5) is 3.34. The number of aromatic amines is 1. The standard InChI is InChI=1S/C13H18N2O/c1-4-16-10-5-6-12-11(7-10)13(8(2)14)9(3)15-12/h5-8,15H,4,14H2,1-3H3. The van der Waals surface area contributed by atoms with Crippen LogP contribution in [0.1, 0.15) is 31.1 Å². The molecule has 2 rings (SSSR count). The first kappa shape index (κ1) is 11.0. The Labute approximate surface area is 95.6 Å². The molecule has 1 unspecified atom stereocenters. The van der Waals surface area contributed by atoms with Gasteiger partial charge in [0.05, 0.1) is 6.61 Å². The lowest BCUT2D eigenvalue weighted by Crippen LogP contribution is -2.05. The molecule has 86 valence electrons. The second-order valence-corrected chi connectivity index (χ2v) is 4.09. The molecule has 0 aliphatic carbocycles. The van der Waals surface area contributed by atoms with Crippen LogP contribution in [-0.2, 0) is 0 Å². The van der Waals surface area contributed by atoms with Crippen molar-refractivity contribution < 1.29 is 4.74 Å². The van der Waals surface area contributed by atoms with Crippen LogP contribution in [0.3, 0.4) is 0 Å². The Hall–Kier alpha value is -1.48. The molecule has 1 aromatic carbocycles. The van der Waals surface area contributed by atoms with Gasteiger partial charge in [-0.3, -0.25) is 0 Å². The summed E-state index contributed by atoms with van der Waals surface area (Å²) in [5, 5.41) is 1.17. The van der Waals surface area contributed by atoms with E-state index in [1.54, 1.807) is 0 Å². The van der Waals surface area contributed by atoms with E-state index in [9.17, 15) is 0 Å². The first-order valence-corrected chi connectivity index (χ1v) is 5.64. The van der Waals surface area contributed by atoms with Gasteiger partial charge < -0.3 is 15.5 Å². The number of aryl methyl sites for hydroxylation is 1. The summed E-state index contributed by atoms with van der Waals surface area (Å²) >= 11 is 0. The summed E-state index contributed by atoms with van der Waals surface area (Å²) in [5.41, 5.74) is 9.42. The van der Waals surface area contributed by atoms with Crippen LogP contribution in [0, 0.1) is 6.92 Å². The summed E-state index contributed by atoms with van der Waals surface area (Å²) in [6.07, 6.45) is 0. The van der Waals surface area contributed by atoms with Crippen LogP contribution in [0.5, 0.6) is 5.75 Å². The van der Waals surface area contributed by atoms with Crippen molar-refractivity contribution in [2.75, 3.05) is 6.61 Å². The molecule has 3 nitrogen and oxygen atoms in total. The normalized spacial score (nSPS) is 13.0. The zero-order valence-electron chi connectivity index (χ0n) is 10.0. The average Bonchev–Trinajstić information content (AvgIpc) is 2.53. The van der Waals surface area contributed by atoms with Crippen molar-refractivity contribution >= 4 is 10.9 Å². The Kier molecular flexibility index (Phi) is 2.88. The summed E-state index contributed by atoms with van der Waals surface area (Å²) < 4.78 is 5.50. The minimum atomic E-state index is 0.0330. The van der Waals surface area contributed by atoms with Crippen LogP contribution >= 0.6 is 0 Å². The van der Waals surface area contributed by atoms with Crippen LogP contribution in [0.25, 0.3) is 10.9 Å². The van der Waals surface area contributed by atoms with Gasteiger partial charge in [-0.2, -0.15) is 0 Å². The Morgan fingerprint density at radius 2 is 2.19 bits per heavy atom. The monoisotopic (exact) mass is 218 g/mol. The van der Waals surface area contributed by atoms with E-state index >= 15 is 0 Å². The lowest BCUT2D eigenvalue weighted by atomic mass is 10.1. The smallest absolute Gasteiger partial charge is 0.120 e. The highest BCUT2D eigenvalue weighted by molar-refractivity contribution is 5.86. The molecule has 0 bridgehead atoms. The van der Waals surface area contributed by atoms with E-state index < -0.39 is 0 Å². The molecule has 1 aromatic heterocycles. The van der Waals surface area contributed by atoms with Gasteiger partial charge in [-0.25, -0.2) is 0 Å². The van der Waals surface area contributed by atoms with E-state index in [0.29, 0.717) is 6.61 Å². The summed E-state index contributed by atoms with van der Waals surface area (Å²) in [5.74, 6) is 0.899. The molecule has 2 aromatic rings. The fourth-order valence-corrected chi connectivity index (χ4v) is 2.17. The van der Waals surface area contributed by atoms with E-state index in [-0.39, 0.29) is 6.04 Å². The molecule has 3 heteroatoms. The van der Waals surface area contributed by atoms with Crippen molar-refractivity contribution in [2.24, 2.45) is 5.73 Å². The third kappa shape index (κ3) is 1.78. The molecular weight excluding hydrogens is 200 g/mol. The number of aromatic nitrogens is 1. The van der Waals surface area contributed by atoms with Crippen LogP contribution in [0.2, 0.25) is 0 Å². The zero-order chi connectivity index (χ0) is 11.7. The third-order valence-corrected chi connectivity index (χ3v) is 2.77. The highest BCUT2D eigenvalue weighted by Crippen LogP contribution is 2.29. The second kappa shape index (κ2) is 4.18. The molecular formula is C13H18N2O. The lowest BCUT2D eigenvalue weighted by molar-refractivity contribution is 0.340. The molecule has 0 saturated carbocycles. The first-order valence-electron chi connectivity index (χ1n) is 5.64. The predicted octanol–water partition coefficient (Wildman–Crippen LogP) is 2.89. The topological polar surface area (TPSA) is 51.0 Å². The van der Waals surface area contributed by atoms with Crippen molar-refractivity contribution in [3.63, 3.8) is 0 Å². The quantitative estimate of drug-likeness (QED) is 0.832. The fraction of sp³-hybridized carbons (Fsp3) is 0.385. The highest BCUT2D eigenvalue weighted by atomic mass is 16.5. The van der Waals surface area contributed by atoms with Gasteiger partial charge in [0.25, 0.3) is 0 Å². The van der Waals surface area contributed by atoms with Crippen LogP contribution < -0.4 is 10.5 Å². The Balaban J connectivity index is 2.60. The molecule has 0 saturated heterocycles. The predicted molar refractivity (Wildman–Crippen MR) is 66.8 cm³/mol. The van der Waals surface area contributed by atoms with E-state index in [1.165, 1.54) is 10.9 Å². The summed E-state index contributed by atoms with van der Waals surface area (Å²) in [6, 6.07) is 6.11. The van der Waals surface area contributed by atoms with Gasteiger partial charge in [0, 0.05) is 22.6 Å².